The van der Waals surface area contributed by atoms with Gasteiger partial charge in [-0.2, -0.15) is 0 Å². The van der Waals surface area contributed by atoms with Crippen molar-refractivity contribution in [3.05, 3.63) is 36.0 Å². The summed E-state index contributed by atoms with van der Waals surface area (Å²) in [5.74, 6) is 7.51. The molecule has 5 nitrogen and oxygen atoms in total. The number of phenolic OH excluding ortho intramolecular Hbond substituents is 1. The number of hydrazine groups is 1. The number of aromatic nitrogens is 2. The van der Waals surface area contributed by atoms with Gasteiger partial charge < -0.3 is 10.5 Å². The lowest BCUT2D eigenvalue weighted by atomic mass is 10.0. The van der Waals surface area contributed by atoms with Gasteiger partial charge in [0.15, 0.2) is 5.82 Å². The van der Waals surface area contributed by atoms with E-state index in [0.717, 1.165) is 11.3 Å². The van der Waals surface area contributed by atoms with Crippen molar-refractivity contribution in [1.29, 1.82) is 0 Å². The molecule has 1 saturated carbocycles. The summed E-state index contributed by atoms with van der Waals surface area (Å²) in [6.45, 7) is 0. The topological polar surface area (TPSA) is 84.1 Å². The van der Waals surface area contributed by atoms with Crippen molar-refractivity contribution in [3.8, 4) is 17.1 Å². The summed E-state index contributed by atoms with van der Waals surface area (Å²) >= 11 is 0. The van der Waals surface area contributed by atoms with Gasteiger partial charge in [-0.1, -0.05) is 12.8 Å². The molecule has 1 aliphatic rings. The predicted octanol–water partition coefficient (Wildman–Crippen LogP) is 2.79. The summed E-state index contributed by atoms with van der Waals surface area (Å²) in [5.41, 5.74) is 4.54. The van der Waals surface area contributed by atoms with Crippen molar-refractivity contribution in [2.75, 3.05) is 5.43 Å². The van der Waals surface area contributed by atoms with Crippen LogP contribution in [0.1, 0.15) is 37.3 Å². The number of anilines is 1. The van der Waals surface area contributed by atoms with Gasteiger partial charge in [0.2, 0.25) is 0 Å². The molecule has 0 unspecified atom stereocenters. The number of phenols is 1. The molecule has 2 aromatic rings. The molecule has 4 N–H and O–H groups in total. The highest BCUT2D eigenvalue weighted by molar-refractivity contribution is 5.58. The van der Waals surface area contributed by atoms with Crippen LogP contribution in [-0.4, -0.2) is 15.1 Å². The third-order valence-electron chi connectivity index (χ3n) is 3.79. The number of nitrogens with two attached hydrogens (primary N) is 1. The first kappa shape index (κ1) is 12.9. The maximum absolute atomic E-state index is 9.36. The standard InChI is InChI=1S/C15H18N4O/c16-19-14-9-13(10-3-1-2-4-10)17-15(18-14)11-5-7-12(20)8-6-11/h5-10,20H,1-4,16H2,(H,17,18,19). The molecule has 0 saturated heterocycles. The van der Waals surface area contributed by atoms with Gasteiger partial charge in [-0.15, -0.1) is 0 Å². The first-order chi connectivity index (χ1) is 9.76. The Hall–Kier alpha value is -2.14. The van der Waals surface area contributed by atoms with Gasteiger partial charge >= 0.3 is 0 Å². The fourth-order valence-electron chi connectivity index (χ4n) is 2.71. The van der Waals surface area contributed by atoms with Crippen LogP contribution in [0.25, 0.3) is 11.4 Å². The summed E-state index contributed by atoms with van der Waals surface area (Å²) in [6, 6.07) is 8.82. The number of rotatable bonds is 3. The van der Waals surface area contributed by atoms with E-state index < -0.39 is 0 Å². The number of nitrogens with zero attached hydrogens (tertiary/aromatic N) is 2. The van der Waals surface area contributed by atoms with Gasteiger partial charge in [-0.05, 0) is 37.1 Å². The van der Waals surface area contributed by atoms with Gasteiger partial charge in [0.25, 0.3) is 0 Å². The Morgan fingerprint density at radius 3 is 2.45 bits per heavy atom. The molecule has 3 rings (SSSR count). The molecule has 0 atom stereocenters. The molecule has 0 aliphatic heterocycles. The third-order valence-corrected chi connectivity index (χ3v) is 3.79. The monoisotopic (exact) mass is 270 g/mol. The number of nitrogen functional groups attached to an aromatic ring is 1. The van der Waals surface area contributed by atoms with Crippen molar-refractivity contribution in [3.63, 3.8) is 0 Å². The maximum atomic E-state index is 9.36. The lowest BCUT2D eigenvalue weighted by molar-refractivity contribution is 0.475. The van der Waals surface area contributed by atoms with Crippen LogP contribution in [0.15, 0.2) is 30.3 Å². The summed E-state index contributed by atoms with van der Waals surface area (Å²) in [7, 11) is 0. The van der Waals surface area contributed by atoms with E-state index in [4.69, 9.17) is 5.84 Å². The third kappa shape index (κ3) is 2.58. The minimum Gasteiger partial charge on any atom is -0.508 e. The van der Waals surface area contributed by atoms with E-state index in [1.54, 1.807) is 12.1 Å². The SMILES string of the molecule is NNc1cc(C2CCCC2)nc(-c2ccc(O)cc2)n1. The lowest BCUT2D eigenvalue weighted by Crippen LogP contribution is -2.11. The highest BCUT2D eigenvalue weighted by Crippen LogP contribution is 2.34. The molecular weight excluding hydrogens is 252 g/mol. The van der Waals surface area contributed by atoms with Crippen LogP contribution < -0.4 is 11.3 Å². The van der Waals surface area contributed by atoms with Crippen LogP contribution in [0, 0.1) is 0 Å². The largest absolute Gasteiger partial charge is 0.508 e. The zero-order valence-electron chi connectivity index (χ0n) is 11.2. The summed E-state index contributed by atoms with van der Waals surface area (Å²) < 4.78 is 0. The molecule has 104 valence electrons. The molecule has 0 bridgehead atoms. The molecule has 1 aromatic heterocycles. The van der Waals surface area contributed by atoms with Crippen molar-refractivity contribution in [2.45, 2.75) is 31.6 Å². The van der Waals surface area contributed by atoms with Crippen molar-refractivity contribution < 1.29 is 5.11 Å². The second kappa shape index (κ2) is 5.46. The minimum absolute atomic E-state index is 0.234. The average molecular weight is 270 g/mol. The second-order valence-electron chi connectivity index (χ2n) is 5.17. The van der Waals surface area contributed by atoms with Crippen LogP contribution in [0.2, 0.25) is 0 Å². The van der Waals surface area contributed by atoms with E-state index in [9.17, 15) is 5.11 Å². The molecule has 0 spiro atoms. The highest BCUT2D eigenvalue weighted by atomic mass is 16.3. The molecule has 5 heteroatoms. The van der Waals surface area contributed by atoms with Gasteiger partial charge in [-0.25, -0.2) is 15.8 Å². The summed E-state index contributed by atoms with van der Waals surface area (Å²) in [6.07, 6.45) is 4.87. The molecule has 1 aliphatic carbocycles. The van der Waals surface area contributed by atoms with E-state index >= 15 is 0 Å². The lowest BCUT2D eigenvalue weighted by Gasteiger charge is -2.12. The van der Waals surface area contributed by atoms with Gasteiger partial charge in [0.05, 0.1) is 0 Å². The molecule has 1 fully saturated rings. The number of hydrogen-bond donors (Lipinski definition) is 3. The van der Waals surface area contributed by atoms with Gasteiger partial charge in [0, 0.05) is 23.2 Å². The van der Waals surface area contributed by atoms with Crippen LogP contribution in [0.5, 0.6) is 5.75 Å². The van der Waals surface area contributed by atoms with Crippen LogP contribution in [0.4, 0.5) is 5.82 Å². The number of aromatic hydroxyl groups is 1. The van der Waals surface area contributed by atoms with Crippen LogP contribution >= 0.6 is 0 Å². The van der Waals surface area contributed by atoms with Crippen molar-refractivity contribution in [2.24, 2.45) is 5.84 Å². The van der Waals surface area contributed by atoms with Crippen LogP contribution in [-0.2, 0) is 0 Å². The fourth-order valence-corrected chi connectivity index (χ4v) is 2.71. The zero-order valence-corrected chi connectivity index (χ0v) is 11.2. The Morgan fingerprint density at radius 2 is 1.80 bits per heavy atom. The predicted molar refractivity (Wildman–Crippen MR) is 78.2 cm³/mol. The van der Waals surface area contributed by atoms with E-state index in [0.29, 0.717) is 17.6 Å². The fraction of sp³-hybridized carbons (Fsp3) is 0.333. The minimum atomic E-state index is 0.234. The Morgan fingerprint density at radius 1 is 1.10 bits per heavy atom. The van der Waals surface area contributed by atoms with E-state index in [1.165, 1.54) is 25.7 Å². The molecule has 1 heterocycles. The second-order valence-corrected chi connectivity index (χ2v) is 5.17. The van der Waals surface area contributed by atoms with E-state index in [-0.39, 0.29) is 5.75 Å². The summed E-state index contributed by atoms with van der Waals surface area (Å²) in [4.78, 5) is 9.07. The Kier molecular flexibility index (Phi) is 3.52. The Bertz CT molecular complexity index is 591. The normalized spacial score (nSPS) is 15.4. The molecular formula is C15H18N4O. The van der Waals surface area contributed by atoms with E-state index in [1.807, 2.05) is 18.2 Å². The van der Waals surface area contributed by atoms with Crippen LogP contribution in [0.3, 0.4) is 0 Å². The van der Waals surface area contributed by atoms with E-state index in [2.05, 4.69) is 15.4 Å². The van der Waals surface area contributed by atoms with Crippen molar-refractivity contribution >= 4 is 5.82 Å². The zero-order chi connectivity index (χ0) is 13.9. The average Bonchev–Trinajstić information content (AvgIpc) is 3.02. The van der Waals surface area contributed by atoms with Crippen molar-refractivity contribution in [1.82, 2.24) is 9.97 Å². The first-order valence-electron chi connectivity index (χ1n) is 6.91. The quantitative estimate of drug-likeness (QED) is 0.590. The molecule has 0 radical (unpaired) electrons. The summed E-state index contributed by atoms with van der Waals surface area (Å²) in [5, 5.41) is 9.36. The molecule has 0 amide bonds. The smallest absolute Gasteiger partial charge is 0.161 e. The first-order valence-corrected chi connectivity index (χ1v) is 6.91. The Labute approximate surface area is 117 Å². The van der Waals surface area contributed by atoms with Gasteiger partial charge in [0.1, 0.15) is 11.6 Å². The number of benzene rings is 1. The van der Waals surface area contributed by atoms with Gasteiger partial charge in [-0.3, -0.25) is 0 Å². The Balaban J connectivity index is 2.01. The molecule has 20 heavy (non-hydrogen) atoms. The molecule has 1 aromatic carbocycles. The highest BCUT2D eigenvalue weighted by Gasteiger charge is 2.20. The maximum Gasteiger partial charge on any atom is 0.161 e. The number of hydrogen-bond acceptors (Lipinski definition) is 5. The number of nitrogens with one attached hydrogen (secondary N) is 1.